The second-order valence-corrected chi connectivity index (χ2v) is 6.72. The predicted molar refractivity (Wildman–Crippen MR) is 90.5 cm³/mol. The molecule has 2 heterocycles. The van der Waals surface area contributed by atoms with Gasteiger partial charge in [-0.2, -0.15) is 0 Å². The Kier molecular flexibility index (Phi) is 5.34. The van der Waals surface area contributed by atoms with Gasteiger partial charge in [-0.25, -0.2) is 4.39 Å². The van der Waals surface area contributed by atoms with Crippen LogP contribution in [-0.2, 0) is 9.53 Å². The van der Waals surface area contributed by atoms with E-state index in [-0.39, 0.29) is 11.8 Å². The van der Waals surface area contributed by atoms with Crippen molar-refractivity contribution in [3.8, 4) is 0 Å². The maximum absolute atomic E-state index is 13.3. The van der Waals surface area contributed by atoms with Crippen LogP contribution in [0.1, 0.15) is 29.6 Å². The fourth-order valence-corrected chi connectivity index (χ4v) is 3.39. The first-order chi connectivity index (χ1) is 12.0. The first-order valence-electron chi connectivity index (χ1n) is 8.70. The highest BCUT2D eigenvalue weighted by Crippen LogP contribution is 2.21. The van der Waals surface area contributed by atoms with Crippen molar-refractivity contribution in [3.63, 3.8) is 0 Å². The Hall–Kier alpha value is -1.99. The minimum absolute atomic E-state index is 0.0594. The van der Waals surface area contributed by atoms with Crippen LogP contribution < -0.4 is 5.73 Å². The fourth-order valence-electron chi connectivity index (χ4n) is 3.39. The van der Waals surface area contributed by atoms with Gasteiger partial charge in [0.15, 0.2) is 0 Å². The molecule has 2 N–H and O–H groups in total. The Morgan fingerprint density at radius 1 is 1.08 bits per heavy atom. The molecule has 0 atom stereocenters. The molecule has 25 heavy (non-hydrogen) atoms. The molecule has 136 valence electrons. The third-order valence-electron chi connectivity index (χ3n) is 4.95. The van der Waals surface area contributed by atoms with Crippen LogP contribution in [0.4, 0.5) is 4.39 Å². The lowest BCUT2D eigenvalue weighted by molar-refractivity contribution is -0.140. The Morgan fingerprint density at radius 3 is 2.48 bits per heavy atom. The van der Waals surface area contributed by atoms with Crippen LogP contribution in [-0.4, -0.2) is 66.5 Å². The summed E-state index contributed by atoms with van der Waals surface area (Å²) in [5, 5.41) is 0. The summed E-state index contributed by atoms with van der Waals surface area (Å²) in [5.74, 6) is -0.694. The van der Waals surface area contributed by atoms with E-state index in [1.54, 1.807) is 15.9 Å². The number of carbonyl (C=O) groups is 2. The summed E-state index contributed by atoms with van der Waals surface area (Å²) in [6.45, 7) is 2.99. The summed E-state index contributed by atoms with van der Waals surface area (Å²) in [7, 11) is 0. The minimum atomic E-state index is -0.861. The lowest BCUT2D eigenvalue weighted by Gasteiger charge is -2.36. The molecule has 2 fully saturated rings. The van der Waals surface area contributed by atoms with Gasteiger partial charge in [-0.05, 0) is 37.5 Å². The van der Waals surface area contributed by atoms with Crippen molar-refractivity contribution in [2.24, 2.45) is 5.73 Å². The van der Waals surface area contributed by atoms with Gasteiger partial charge in [0.05, 0.1) is 5.54 Å². The van der Waals surface area contributed by atoms with Gasteiger partial charge in [-0.1, -0.05) is 6.07 Å². The largest absolute Gasteiger partial charge is 0.381 e. The molecule has 7 heteroatoms. The maximum atomic E-state index is 13.3. The van der Waals surface area contributed by atoms with E-state index in [0.29, 0.717) is 64.2 Å². The Labute approximate surface area is 146 Å². The highest BCUT2D eigenvalue weighted by atomic mass is 19.1. The lowest BCUT2D eigenvalue weighted by atomic mass is 9.89. The summed E-state index contributed by atoms with van der Waals surface area (Å²) < 4.78 is 18.6. The van der Waals surface area contributed by atoms with E-state index in [2.05, 4.69) is 0 Å². The summed E-state index contributed by atoms with van der Waals surface area (Å²) in [5.41, 5.74) is 5.76. The van der Waals surface area contributed by atoms with Gasteiger partial charge in [0.2, 0.25) is 5.91 Å². The number of ether oxygens (including phenoxy) is 1. The molecule has 2 aliphatic heterocycles. The average molecular weight is 349 g/mol. The molecule has 0 bridgehead atoms. The van der Waals surface area contributed by atoms with Gasteiger partial charge >= 0.3 is 0 Å². The normalized spacial score (nSPS) is 20.9. The minimum Gasteiger partial charge on any atom is -0.381 e. The summed E-state index contributed by atoms with van der Waals surface area (Å²) >= 11 is 0. The first-order valence-corrected chi connectivity index (χ1v) is 8.70. The number of amides is 2. The van der Waals surface area contributed by atoms with E-state index in [1.807, 2.05) is 0 Å². The van der Waals surface area contributed by atoms with E-state index >= 15 is 0 Å². The van der Waals surface area contributed by atoms with Gasteiger partial charge in [0.1, 0.15) is 5.82 Å². The van der Waals surface area contributed by atoms with Crippen LogP contribution >= 0.6 is 0 Å². The molecule has 2 aliphatic rings. The molecule has 0 aromatic heterocycles. The highest BCUT2D eigenvalue weighted by molar-refractivity contribution is 5.94. The first kappa shape index (κ1) is 17.8. The van der Waals surface area contributed by atoms with E-state index in [0.717, 1.165) is 0 Å². The van der Waals surface area contributed by atoms with Crippen molar-refractivity contribution in [1.82, 2.24) is 9.80 Å². The monoisotopic (exact) mass is 349 g/mol. The summed E-state index contributed by atoms with van der Waals surface area (Å²) in [4.78, 5) is 28.8. The van der Waals surface area contributed by atoms with Crippen LogP contribution in [0, 0.1) is 5.82 Å². The zero-order valence-electron chi connectivity index (χ0n) is 14.2. The molecular weight excluding hydrogens is 325 g/mol. The van der Waals surface area contributed by atoms with Gasteiger partial charge in [-0.3, -0.25) is 9.59 Å². The standard InChI is InChI=1S/C18H24FN3O3/c19-15-4-1-3-14(13-15)16(23)21-7-2-8-22(10-9-21)17(24)18(20)5-11-25-12-6-18/h1,3-4,13H,2,5-12,20H2. The Bertz CT molecular complexity index is 646. The van der Waals surface area contributed by atoms with Gasteiger partial charge < -0.3 is 20.3 Å². The van der Waals surface area contributed by atoms with Crippen molar-refractivity contribution >= 4 is 11.8 Å². The lowest BCUT2D eigenvalue weighted by Crippen LogP contribution is -2.58. The maximum Gasteiger partial charge on any atom is 0.254 e. The topological polar surface area (TPSA) is 75.9 Å². The van der Waals surface area contributed by atoms with Gasteiger partial charge in [0.25, 0.3) is 5.91 Å². The number of hydrogen-bond acceptors (Lipinski definition) is 4. The van der Waals surface area contributed by atoms with E-state index in [1.165, 1.54) is 18.2 Å². The van der Waals surface area contributed by atoms with E-state index < -0.39 is 11.4 Å². The predicted octanol–water partition coefficient (Wildman–Crippen LogP) is 1.01. The van der Waals surface area contributed by atoms with Crippen LogP contribution in [0.2, 0.25) is 0 Å². The van der Waals surface area contributed by atoms with Crippen molar-refractivity contribution in [2.75, 3.05) is 39.4 Å². The Morgan fingerprint density at radius 2 is 1.76 bits per heavy atom. The number of hydrogen-bond donors (Lipinski definition) is 1. The third kappa shape index (κ3) is 3.99. The third-order valence-corrected chi connectivity index (χ3v) is 4.95. The van der Waals surface area contributed by atoms with Crippen LogP contribution in [0.15, 0.2) is 24.3 Å². The zero-order chi connectivity index (χ0) is 17.9. The molecule has 2 amide bonds. The van der Waals surface area contributed by atoms with Crippen LogP contribution in [0.25, 0.3) is 0 Å². The summed E-state index contributed by atoms with van der Waals surface area (Å²) in [6.07, 6.45) is 1.72. The van der Waals surface area contributed by atoms with E-state index in [9.17, 15) is 14.0 Å². The molecule has 3 rings (SSSR count). The number of nitrogens with zero attached hydrogens (tertiary/aromatic N) is 2. The van der Waals surface area contributed by atoms with Crippen molar-refractivity contribution < 1.29 is 18.7 Å². The molecule has 2 saturated heterocycles. The van der Waals surface area contributed by atoms with E-state index in [4.69, 9.17) is 10.5 Å². The molecule has 0 spiro atoms. The van der Waals surface area contributed by atoms with Crippen molar-refractivity contribution in [2.45, 2.75) is 24.8 Å². The molecule has 6 nitrogen and oxygen atoms in total. The Balaban J connectivity index is 1.64. The number of nitrogens with two attached hydrogens (primary N) is 1. The number of rotatable bonds is 2. The zero-order valence-corrected chi connectivity index (χ0v) is 14.2. The average Bonchev–Trinajstić information content (AvgIpc) is 2.87. The van der Waals surface area contributed by atoms with Crippen molar-refractivity contribution in [3.05, 3.63) is 35.6 Å². The number of carbonyl (C=O) groups excluding carboxylic acids is 2. The molecule has 0 saturated carbocycles. The quantitative estimate of drug-likeness (QED) is 0.865. The second kappa shape index (κ2) is 7.49. The second-order valence-electron chi connectivity index (χ2n) is 6.72. The molecular formula is C18H24FN3O3. The molecule has 0 unspecified atom stereocenters. The molecule has 1 aromatic carbocycles. The number of benzene rings is 1. The van der Waals surface area contributed by atoms with Gasteiger partial charge in [-0.15, -0.1) is 0 Å². The summed E-state index contributed by atoms with van der Waals surface area (Å²) in [6, 6.07) is 5.69. The fraction of sp³-hybridized carbons (Fsp3) is 0.556. The van der Waals surface area contributed by atoms with Crippen molar-refractivity contribution in [1.29, 1.82) is 0 Å². The molecule has 0 radical (unpaired) electrons. The molecule has 0 aliphatic carbocycles. The van der Waals surface area contributed by atoms with Crippen LogP contribution in [0.3, 0.4) is 0 Å². The molecule has 1 aromatic rings. The van der Waals surface area contributed by atoms with Crippen LogP contribution in [0.5, 0.6) is 0 Å². The SMILES string of the molecule is NC1(C(=O)N2CCCN(C(=O)c3cccc(F)c3)CC2)CCOCC1. The number of halogens is 1. The highest BCUT2D eigenvalue weighted by Gasteiger charge is 2.39. The smallest absolute Gasteiger partial charge is 0.254 e. The van der Waals surface area contributed by atoms with Gasteiger partial charge in [0, 0.05) is 45.0 Å².